The summed E-state index contributed by atoms with van der Waals surface area (Å²) in [5.41, 5.74) is 0. The molecular formula is C11H13FN6O. The van der Waals surface area contributed by atoms with E-state index in [9.17, 15) is 4.39 Å². The van der Waals surface area contributed by atoms with E-state index in [2.05, 4.69) is 30.0 Å². The van der Waals surface area contributed by atoms with Gasteiger partial charge in [-0.2, -0.15) is 9.37 Å². The van der Waals surface area contributed by atoms with E-state index in [0.717, 1.165) is 37.2 Å². The number of rotatable bonds is 4. The van der Waals surface area contributed by atoms with Crippen molar-refractivity contribution in [3.8, 4) is 5.88 Å². The minimum atomic E-state index is -0.587. The standard InChI is InChI=1S/C11H13FN6O/c1-19-10-7(12)5-13-11(15-10)14-6-9-17-16-8-3-2-4-18(8)9/h5H,2-4,6H2,1H3,(H,13,14,15). The third-order valence-corrected chi connectivity index (χ3v) is 3.00. The highest BCUT2D eigenvalue weighted by atomic mass is 19.1. The maximum absolute atomic E-state index is 13.2. The summed E-state index contributed by atoms with van der Waals surface area (Å²) in [6.07, 6.45) is 3.13. The zero-order valence-electron chi connectivity index (χ0n) is 10.4. The fraction of sp³-hybridized carbons (Fsp3) is 0.455. The fourth-order valence-corrected chi connectivity index (χ4v) is 2.08. The summed E-state index contributed by atoms with van der Waals surface area (Å²) in [7, 11) is 1.36. The lowest BCUT2D eigenvalue weighted by molar-refractivity contribution is 0.367. The lowest BCUT2D eigenvalue weighted by atomic mass is 10.4. The first-order valence-corrected chi connectivity index (χ1v) is 5.99. The highest BCUT2D eigenvalue weighted by Crippen LogP contribution is 2.16. The van der Waals surface area contributed by atoms with Gasteiger partial charge in [0, 0.05) is 13.0 Å². The van der Waals surface area contributed by atoms with Crippen LogP contribution < -0.4 is 10.1 Å². The minimum absolute atomic E-state index is 0.0797. The topological polar surface area (TPSA) is 77.8 Å². The second-order valence-electron chi connectivity index (χ2n) is 4.19. The van der Waals surface area contributed by atoms with Gasteiger partial charge >= 0.3 is 0 Å². The predicted molar refractivity (Wildman–Crippen MR) is 64.2 cm³/mol. The van der Waals surface area contributed by atoms with Gasteiger partial charge in [0.25, 0.3) is 5.88 Å². The van der Waals surface area contributed by atoms with E-state index in [-0.39, 0.29) is 5.88 Å². The Morgan fingerprint density at radius 2 is 2.37 bits per heavy atom. The SMILES string of the molecule is COc1nc(NCc2nnc3n2CCC3)ncc1F. The molecule has 7 nitrogen and oxygen atoms in total. The molecule has 2 aromatic heterocycles. The van der Waals surface area contributed by atoms with Crippen LogP contribution >= 0.6 is 0 Å². The molecule has 3 heterocycles. The van der Waals surface area contributed by atoms with Gasteiger partial charge in [0.2, 0.25) is 11.8 Å². The zero-order valence-corrected chi connectivity index (χ0v) is 10.4. The Morgan fingerprint density at radius 3 is 3.21 bits per heavy atom. The summed E-state index contributed by atoms with van der Waals surface area (Å²) in [6.45, 7) is 1.38. The molecule has 0 radical (unpaired) electrons. The summed E-state index contributed by atoms with van der Waals surface area (Å²) in [5.74, 6) is 1.47. The van der Waals surface area contributed by atoms with Crippen LogP contribution in [-0.4, -0.2) is 31.8 Å². The van der Waals surface area contributed by atoms with Crippen LogP contribution in [0.5, 0.6) is 5.88 Å². The van der Waals surface area contributed by atoms with Crippen molar-refractivity contribution < 1.29 is 9.13 Å². The van der Waals surface area contributed by atoms with Gasteiger partial charge in [-0.3, -0.25) is 0 Å². The average Bonchev–Trinajstić information content (AvgIpc) is 3.01. The number of hydrogen-bond donors (Lipinski definition) is 1. The lowest BCUT2D eigenvalue weighted by Gasteiger charge is -2.06. The Kier molecular flexibility index (Phi) is 2.98. The average molecular weight is 264 g/mol. The molecule has 0 fully saturated rings. The molecular weight excluding hydrogens is 251 g/mol. The molecule has 0 amide bonds. The number of methoxy groups -OCH3 is 1. The van der Waals surface area contributed by atoms with Crippen LogP contribution in [0.25, 0.3) is 0 Å². The molecule has 0 saturated carbocycles. The maximum atomic E-state index is 13.2. The van der Waals surface area contributed by atoms with Crippen LogP contribution in [0, 0.1) is 5.82 Å². The van der Waals surface area contributed by atoms with E-state index >= 15 is 0 Å². The van der Waals surface area contributed by atoms with Crippen molar-refractivity contribution in [1.29, 1.82) is 0 Å². The second-order valence-corrected chi connectivity index (χ2v) is 4.19. The number of anilines is 1. The van der Waals surface area contributed by atoms with Gasteiger partial charge in [0.05, 0.1) is 19.9 Å². The number of fused-ring (bicyclic) bond motifs is 1. The first kappa shape index (κ1) is 11.8. The van der Waals surface area contributed by atoms with E-state index in [0.29, 0.717) is 12.5 Å². The van der Waals surface area contributed by atoms with Crippen LogP contribution in [0.4, 0.5) is 10.3 Å². The van der Waals surface area contributed by atoms with E-state index in [4.69, 9.17) is 4.74 Å². The van der Waals surface area contributed by atoms with Crippen molar-refractivity contribution in [1.82, 2.24) is 24.7 Å². The molecule has 0 saturated heterocycles. The normalized spacial score (nSPS) is 13.4. The number of hydrogen-bond acceptors (Lipinski definition) is 6. The van der Waals surface area contributed by atoms with Crippen molar-refractivity contribution in [2.45, 2.75) is 25.9 Å². The highest BCUT2D eigenvalue weighted by Gasteiger charge is 2.17. The molecule has 8 heteroatoms. The Balaban J connectivity index is 1.72. The summed E-state index contributed by atoms with van der Waals surface area (Å²) >= 11 is 0. The smallest absolute Gasteiger partial charge is 0.255 e. The number of aromatic nitrogens is 5. The minimum Gasteiger partial charge on any atom is -0.479 e. The van der Waals surface area contributed by atoms with Crippen molar-refractivity contribution in [2.75, 3.05) is 12.4 Å². The Hall–Kier alpha value is -2.25. The number of ether oxygens (including phenoxy) is 1. The zero-order chi connectivity index (χ0) is 13.2. The summed E-state index contributed by atoms with van der Waals surface area (Å²) in [4.78, 5) is 7.75. The molecule has 1 N–H and O–H groups in total. The van der Waals surface area contributed by atoms with Crippen LogP contribution in [0.1, 0.15) is 18.1 Å². The van der Waals surface area contributed by atoms with Gasteiger partial charge in [-0.25, -0.2) is 4.98 Å². The second kappa shape index (κ2) is 4.79. The molecule has 2 aromatic rings. The van der Waals surface area contributed by atoms with Crippen molar-refractivity contribution in [3.05, 3.63) is 23.7 Å². The molecule has 0 unspecified atom stereocenters. The van der Waals surface area contributed by atoms with Crippen LogP contribution in [0.15, 0.2) is 6.20 Å². The van der Waals surface area contributed by atoms with E-state index < -0.39 is 5.82 Å². The van der Waals surface area contributed by atoms with Gasteiger partial charge in [0.15, 0.2) is 5.82 Å². The van der Waals surface area contributed by atoms with Crippen LogP contribution in [0.2, 0.25) is 0 Å². The first-order chi connectivity index (χ1) is 9.28. The van der Waals surface area contributed by atoms with Crippen molar-refractivity contribution >= 4 is 5.95 Å². The van der Waals surface area contributed by atoms with Gasteiger partial charge in [-0.1, -0.05) is 0 Å². The molecule has 19 heavy (non-hydrogen) atoms. The molecule has 100 valence electrons. The number of aryl methyl sites for hydroxylation is 1. The number of nitrogens with one attached hydrogen (secondary N) is 1. The Morgan fingerprint density at radius 1 is 1.47 bits per heavy atom. The lowest BCUT2D eigenvalue weighted by Crippen LogP contribution is -2.10. The monoisotopic (exact) mass is 264 g/mol. The quantitative estimate of drug-likeness (QED) is 0.879. The summed E-state index contributed by atoms with van der Waals surface area (Å²) < 4.78 is 20.0. The third-order valence-electron chi connectivity index (χ3n) is 3.00. The number of halogens is 1. The van der Waals surface area contributed by atoms with Gasteiger partial charge < -0.3 is 14.6 Å². The molecule has 1 aliphatic heterocycles. The van der Waals surface area contributed by atoms with Crippen molar-refractivity contribution in [3.63, 3.8) is 0 Å². The summed E-state index contributed by atoms with van der Waals surface area (Å²) in [5, 5.41) is 11.2. The Labute approximate surface area is 108 Å². The van der Waals surface area contributed by atoms with Gasteiger partial charge in [-0.05, 0) is 6.42 Å². The van der Waals surface area contributed by atoms with Crippen LogP contribution in [0.3, 0.4) is 0 Å². The fourth-order valence-electron chi connectivity index (χ4n) is 2.08. The van der Waals surface area contributed by atoms with E-state index in [1.54, 1.807) is 0 Å². The van der Waals surface area contributed by atoms with Gasteiger partial charge in [0.1, 0.15) is 5.82 Å². The van der Waals surface area contributed by atoms with E-state index in [1.807, 2.05) is 0 Å². The molecule has 0 aliphatic carbocycles. The van der Waals surface area contributed by atoms with Crippen LogP contribution in [-0.2, 0) is 19.5 Å². The number of nitrogens with zero attached hydrogens (tertiary/aromatic N) is 5. The molecule has 0 aromatic carbocycles. The highest BCUT2D eigenvalue weighted by molar-refractivity contribution is 5.28. The molecule has 1 aliphatic rings. The molecule has 3 rings (SSSR count). The summed E-state index contributed by atoms with van der Waals surface area (Å²) in [6, 6.07) is 0. The van der Waals surface area contributed by atoms with Gasteiger partial charge in [-0.15, -0.1) is 10.2 Å². The first-order valence-electron chi connectivity index (χ1n) is 5.99. The molecule has 0 spiro atoms. The molecule has 0 atom stereocenters. The maximum Gasteiger partial charge on any atom is 0.255 e. The molecule has 0 bridgehead atoms. The third kappa shape index (κ3) is 2.20. The Bertz CT molecular complexity index is 599. The predicted octanol–water partition coefficient (Wildman–Crippen LogP) is 0.774. The largest absolute Gasteiger partial charge is 0.479 e. The van der Waals surface area contributed by atoms with E-state index in [1.165, 1.54) is 7.11 Å². The van der Waals surface area contributed by atoms with Crippen molar-refractivity contribution in [2.24, 2.45) is 0 Å².